The third kappa shape index (κ3) is 5.66. The Bertz CT molecular complexity index is 1470. The lowest BCUT2D eigenvalue weighted by atomic mass is 9.93. The molecule has 1 aliphatic carbocycles. The average molecular weight is 566 g/mol. The molecule has 1 heterocycles. The Kier molecular flexibility index (Phi) is 7.93. The van der Waals surface area contributed by atoms with Crippen molar-refractivity contribution >= 4 is 34.6 Å². The Morgan fingerprint density at radius 1 is 1.05 bits per heavy atom. The van der Waals surface area contributed by atoms with Crippen molar-refractivity contribution in [2.24, 2.45) is 0 Å². The Labute approximate surface area is 236 Å². The summed E-state index contributed by atoms with van der Waals surface area (Å²) in [7, 11) is 1.64. The molecule has 1 aromatic heterocycles. The van der Waals surface area contributed by atoms with Crippen molar-refractivity contribution in [1.29, 1.82) is 0 Å². The standard InChI is InChI=1S/C31H29ClFNO4S/c1-4-37-30(35)31(15-16-31)23-10-5-21(6-11-23)25-14-9-22(17-27(25)36-3)29-26(18-28(32)39-29)34-38-19(2)20-7-12-24(33)13-8-20/h5-14,17-19,34H,4,15-16H2,1-3H3/t19-/m1/s1. The van der Waals surface area contributed by atoms with Gasteiger partial charge in [-0.05, 0) is 73.2 Å². The van der Waals surface area contributed by atoms with E-state index in [1.807, 2.05) is 62.4 Å². The molecule has 1 aliphatic rings. The minimum atomic E-state index is -0.499. The van der Waals surface area contributed by atoms with E-state index < -0.39 is 5.41 Å². The van der Waals surface area contributed by atoms with Gasteiger partial charge in [-0.3, -0.25) is 15.1 Å². The van der Waals surface area contributed by atoms with Crippen LogP contribution in [0.15, 0.2) is 72.8 Å². The van der Waals surface area contributed by atoms with E-state index in [1.54, 1.807) is 19.2 Å². The van der Waals surface area contributed by atoms with Gasteiger partial charge >= 0.3 is 5.97 Å². The number of rotatable bonds is 10. The molecule has 5 nitrogen and oxygen atoms in total. The lowest BCUT2D eigenvalue weighted by molar-refractivity contribution is -0.146. The minimum absolute atomic E-state index is 0.144. The van der Waals surface area contributed by atoms with Gasteiger partial charge in [-0.25, -0.2) is 4.39 Å². The van der Waals surface area contributed by atoms with Crippen LogP contribution < -0.4 is 10.2 Å². The second kappa shape index (κ2) is 11.4. The lowest BCUT2D eigenvalue weighted by Crippen LogP contribution is -2.23. The van der Waals surface area contributed by atoms with Crippen LogP contribution in [0.3, 0.4) is 0 Å². The van der Waals surface area contributed by atoms with Gasteiger partial charge in [0.2, 0.25) is 0 Å². The average Bonchev–Trinajstić information content (AvgIpc) is 3.68. The first kappa shape index (κ1) is 27.2. The summed E-state index contributed by atoms with van der Waals surface area (Å²) >= 11 is 7.81. The number of nitrogens with one attached hydrogen (secondary N) is 1. The molecule has 1 saturated carbocycles. The van der Waals surface area contributed by atoms with E-state index in [2.05, 4.69) is 5.48 Å². The van der Waals surface area contributed by atoms with Crippen LogP contribution in [-0.4, -0.2) is 19.7 Å². The van der Waals surface area contributed by atoms with Crippen molar-refractivity contribution in [3.05, 3.63) is 94.1 Å². The third-order valence-corrected chi connectivity index (χ3v) is 8.33. The maximum atomic E-state index is 13.3. The molecule has 0 aliphatic heterocycles. The molecule has 1 N–H and O–H groups in total. The summed E-state index contributed by atoms with van der Waals surface area (Å²) in [4.78, 5) is 19.2. The molecular formula is C31H29ClFNO4S. The summed E-state index contributed by atoms with van der Waals surface area (Å²) < 4.78 is 25.0. The molecule has 3 aromatic carbocycles. The first-order chi connectivity index (χ1) is 18.8. The Morgan fingerprint density at radius 3 is 2.38 bits per heavy atom. The predicted molar refractivity (Wildman–Crippen MR) is 154 cm³/mol. The quantitative estimate of drug-likeness (QED) is 0.154. The maximum Gasteiger partial charge on any atom is 0.316 e. The van der Waals surface area contributed by atoms with Crippen LogP contribution in [0.1, 0.15) is 43.9 Å². The summed E-state index contributed by atoms with van der Waals surface area (Å²) in [5.74, 6) is 0.278. The van der Waals surface area contributed by atoms with Crippen molar-refractivity contribution in [1.82, 2.24) is 0 Å². The van der Waals surface area contributed by atoms with Crippen molar-refractivity contribution < 1.29 is 23.5 Å². The van der Waals surface area contributed by atoms with E-state index >= 15 is 0 Å². The number of carbonyl (C=O) groups excluding carboxylic acids is 1. The summed E-state index contributed by atoms with van der Waals surface area (Å²) in [5, 5.41) is 0. The van der Waals surface area contributed by atoms with Crippen LogP contribution >= 0.6 is 22.9 Å². The largest absolute Gasteiger partial charge is 0.496 e. The SMILES string of the molecule is CCOC(=O)C1(c2ccc(-c3ccc(-c4sc(Cl)cc4NO[C@H](C)c4ccc(F)cc4)cc3OC)cc2)CC1. The van der Waals surface area contributed by atoms with E-state index in [-0.39, 0.29) is 17.9 Å². The summed E-state index contributed by atoms with van der Waals surface area (Å²) in [5.41, 5.74) is 7.93. The van der Waals surface area contributed by atoms with Gasteiger partial charge in [-0.1, -0.05) is 60.1 Å². The van der Waals surface area contributed by atoms with Crippen LogP contribution in [0, 0.1) is 5.82 Å². The molecular weight excluding hydrogens is 537 g/mol. The molecule has 0 amide bonds. The number of benzene rings is 3. The van der Waals surface area contributed by atoms with E-state index in [0.29, 0.717) is 16.7 Å². The Hall–Kier alpha value is -3.39. The van der Waals surface area contributed by atoms with Crippen LogP contribution in [0.25, 0.3) is 21.6 Å². The van der Waals surface area contributed by atoms with Crippen LogP contribution in [0.2, 0.25) is 4.34 Å². The number of carbonyl (C=O) groups is 1. The molecule has 202 valence electrons. The first-order valence-electron chi connectivity index (χ1n) is 12.8. The monoisotopic (exact) mass is 565 g/mol. The highest BCUT2D eigenvalue weighted by Gasteiger charge is 2.52. The van der Waals surface area contributed by atoms with Gasteiger partial charge < -0.3 is 9.47 Å². The van der Waals surface area contributed by atoms with Gasteiger partial charge in [0.1, 0.15) is 17.7 Å². The van der Waals surface area contributed by atoms with Crippen LogP contribution in [0.5, 0.6) is 5.75 Å². The topological polar surface area (TPSA) is 56.8 Å². The highest BCUT2D eigenvalue weighted by atomic mass is 35.5. The zero-order valence-corrected chi connectivity index (χ0v) is 23.5. The van der Waals surface area contributed by atoms with Gasteiger partial charge in [-0.15, -0.1) is 11.3 Å². The minimum Gasteiger partial charge on any atom is -0.496 e. The Morgan fingerprint density at radius 2 is 1.74 bits per heavy atom. The van der Waals surface area contributed by atoms with E-state index in [1.165, 1.54) is 23.5 Å². The number of hydrogen-bond donors (Lipinski definition) is 1. The van der Waals surface area contributed by atoms with E-state index in [4.69, 9.17) is 25.9 Å². The predicted octanol–water partition coefficient (Wildman–Crippen LogP) is 8.58. The molecule has 0 unspecified atom stereocenters. The second-order valence-corrected chi connectivity index (χ2v) is 11.2. The normalized spacial score (nSPS) is 14.5. The molecule has 0 bridgehead atoms. The molecule has 0 radical (unpaired) electrons. The fourth-order valence-electron chi connectivity index (χ4n) is 4.65. The number of ether oxygens (including phenoxy) is 2. The van der Waals surface area contributed by atoms with Crippen LogP contribution in [0.4, 0.5) is 10.1 Å². The summed E-state index contributed by atoms with van der Waals surface area (Å²) in [6, 6.07) is 22.1. The molecule has 5 rings (SSSR count). The van der Waals surface area contributed by atoms with Crippen LogP contribution in [-0.2, 0) is 19.8 Å². The van der Waals surface area contributed by atoms with Gasteiger partial charge in [0.05, 0.1) is 34.0 Å². The molecule has 0 saturated heterocycles. The third-order valence-electron chi connectivity index (χ3n) is 7.02. The molecule has 0 spiro atoms. The zero-order valence-electron chi connectivity index (χ0n) is 21.9. The first-order valence-corrected chi connectivity index (χ1v) is 14.0. The van der Waals surface area contributed by atoms with Gasteiger partial charge in [0.25, 0.3) is 0 Å². The lowest BCUT2D eigenvalue weighted by Gasteiger charge is -2.16. The molecule has 8 heteroatoms. The number of thiophene rings is 1. The van der Waals surface area contributed by atoms with Crippen molar-refractivity contribution in [3.63, 3.8) is 0 Å². The molecule has 4 aromatic rings. The van der Waals surface area contributed by atoms with Gasteiger partial charge in [0.15, 0.2) is 0 Å². The van der Waals surface area contributed by atoms with Crippen molar-refractivity contribution in [2.75, 3.05) is 19.2 Å². The van der Waals surface area contributed by atoms with Gasteiger partial charge in [-0.2, -0.15) is 0 Å². The highest BCUT2D eigenvalue weighted by Crippen LogP contribution is 2.50. The Balaban J connectivity index is 1.36. The number of anilines is 1. The smallest absolute Gasteiger partial charge is 0.316 e. The number of methoxy groups -OCH3 is 1. The number of hydrogen-bond acceptors (Lipinski definition) is 6. The highest BCUT2D eigenvalue weighted by molar-refractivity contribution is 7.20. The van der Waals surface area contributed by atoms with Crippen molar-refractivity contribution in [2.45, 2.75) is 38.2 Å². The molecule has 1 fully saturated rings. The zero-order chi connectivity index (χ0) is 27.6. The summed E-state index contributed by atoms with van der Waals surface area (Å²) in [6.45, 7) is 4.10. The molecule has 39 heavy (non-hydrogen) atoms. The fraction of sp³-hybridized carbons (Fsp3) is 0.258. The molecule has 1 atom stereocenters. The fourth-order valence-corrected chi connectivity index (χ4v) is 5.82. The second-order valence-electron chi connectivity index (χ2n) is 9.50. The van der Waals surface area contributed by atoms with E-state index in [9.17, 15) is 9.18 Å². The number of esters is 1. The number of halogens is 2. The van der Waals surface area contributed by atoms with Crippen molar-refractivity contribution in [3.8, 4) is 27.3 Å². The summed E-state index contributed by atoms with van der Waals surface area (Å²) in [6.07, 6.45) is 1.32. The van der Waals surface area contributed by atoms with E-state index in [0.717, 1.165) is 51.2 Å². The maximum absolute atomic E-state index is 13.3. The van der Waals surface area contributed by atoms with Gasteiger partial charge in [0, 0.05) is 5.56 Å².